The van der Waals surface area contributed by atoms with Gasteiger partial charge in [0.2, 0.25) is 0 Å². The minimum atomic E-state index is 0.168. The highest BCUT2D eigenvalue weighted by Crippen LogP contribution is 2.28. The summed E-state index contributed by atoms with van der Waals surface area (Å²) in [4.78, 5) is 17.5. The molecule has 0 amide bonds. The van der Waals surface area contributed by atoms with E-state index in [0.717, 1.165) is 29.8 Å². The Balaban J connectivity index is 1.95. The number of likely N-dealkylation sites (tertiary alicyclic amines) is 1. The number of halogens is 2. The molecule has 0 aromatic carbocycles. The molecule has 2 aromatic rings. The minimum absolute atomic E-state index is 0.168. The Morgan fingerprint density at radius 2 is 1.46 bits per heavy atom. The van der Waals surface area contributed by atoms with E-state index in [1.165, 1.54) is 0 Å². The molecule has 1 aliphatic rings. The molecule has 0 unspecified atom stereocenters. The van der Waals surface area contributed by atoms with Crippen LogP contribution in [0.25, 0.3) is 12.2 Å². The monoisotopic (exact) mass is 485 g/mol. The molecule has 3 rings (SSSR count). The smallest absolute Gasteiger partial charge is 0.187 e. The van der Waals surface area contributed by atoms with Crippen molar-refractivity contribution in [2.75, 3.05) is 13.1 Å². The molecular weight excluding hydrogens is 470 g/mol. The van der Waals surface area contributed by atoms with Gasteiger partial charge in [-0.15, -0.1) is 22.7 Å². The maximum Gasteiger partial charge on any atom is 0.187 e. The van der Waals surface area contributed by atoms with Gasteiger partial charge < -0.3 is 0 Å². The topological polar surface area (TPSA) is 20.3 Å². The second kappa shape index (κ2) is 7.79. The predicted molar refractivity (Wildman–Crippen MR) is 112 cm³/mol. The van der Waals surface area contributed by atoms with E-state index in [2.05, 4.69) is 62.7 Å². The first-order valence-corrected chi connectivity index (χ1v) is 10.9. The summed E-state index contributed by atoms with van der Waals surface area (Å²) in [5.41, 5.74) is 1.73. The van der Waals surface area contributed by atoms with Crippen molar-refractivity contribution in [3.63, 3.8) is 0 Å². The highest BCUT2D eigenvalue weighted by molar-refractivity contribution is 9.10. The van der Waals surface area contributed by atoms with Crippen LogP contribution in [0.2, 0.25) is 0 Å². The number of nitrogens with zero attached hydrogens (tertiary/aromatic N) is 1. The van der Waals surface area contributed by atoms with E-state index < -0.39 is 0 Å². The molecule has 0 saturated carbocycles. The Labute approximate surface area is 167 Å². The first kappa shape index (κ1) is 18.3. The highest BCUT2D eigenvalue weighted by atomic mass is 79.9. The van der Waals surface area contributed by atoms with E-state index in [4.69, 9.17) is 0 Å². The van der Waals surface area contributed by atoms with E-state index in [1.807, 2.05) is 22.9 Å². The van der Waals surface area contributed by atoms with Crippen LogP contribution < -0.4 is 0 Å². The van der Waals surface area contributed by atoms with Crippen LogP contribution in [0.1, 0.15) is 23.6 Å². The maximum atomic E-state index is 12.9. The van der Waals surface area contributed by atoms with Crippen molar-refractivity contribution in [3.8, 4) is 0 Å². The van der Waals surface area contributed by atoms with Crippen LogP contribution in [0.3, 0.4) is 0 Å². The van der Waals surface area contributed by atoms with Crippen molar-refractivity contribution in [1.82, 2.24) is 4.90 Å². The zero-order valence-corrected chi connectivity index (χ0v) is 18.2. The number of piperidine rings is 1. The molecule has 0 spiro atoms. The van der Waals surface area contributed by atoms with Gasteiger partial charge in [0.15, 0.2) is 5.78 Å². The molecule has 0 bridgehead atoms. The molecule has 24 heavy (non-hydrogen) atoms. The summed E-state index contributed by atoms with van der Waals surface area (Å²) in [6, 6.07) is 4.51. The van der Waals surface area contributed by atoms with Gasteiger partial charge in [0.1, 0.15) is 0 Å². The lowest BCUT2D eigenvalue weighted by Crippen LogP contribution is -2.41. The largest absolute Gasteiger partial charge is 0.292 e. The van der Waals surface area contributed by atoms with Gasteiger partial charge in [0.05, 0.1) is 0 Å². The summed E-state index contributed by atoms with van der Waals surface area (Å²) in [7, 11) is 0. The van der Waals surface area contributed by atoms with Gasteiger partial charge in [-0.25, -0.2) is 0 Å². The van der Waals surface area contributed by atoms with Gasteiger partial charge >= 0.3 is 0 Å². The van der Waals surface area contributed by atoms with E-state index in [1.54, 1.807) is 22.7 Å². The Morgan fingerprint density at radius 3 is 1.79 bits per heavy atom. The number of rotatable bonds is 3. The van der Waals surface area contributed by atoms with Crippen LogP contribution in [0.15, 0.2) is 43.0 Å². The summed E-state index contributed by atoms with van der Waals surface area (Å²) in [6.45, 7) is 5.76. The molecule has 6 heteroatoms. The molecule has 0 atom stereocenters. The fraction of sp³-hybridized carbons (Fsp3) is 0.278. The van der Waals surface area contributed by atoms with Gasteiger partial charge in [-0.1, -0.05) is 0 Å². The van der Waals surface area contributed by atoms with E-state index in [9.17, 15) is 4.79 Å². The van der Waals surface area contributed by atoms with E-state index in [-0.39, 0.29) is 5.78 Å². The number of hydrogen-bond donors (Lipinski definition) is 0. The van der Waals surface area contributed by atoms with E-state index >= 15 is 0 Å². The average Bonchev–Trinajstić information content (AvgIpc) is 3.11. The molecule has 3 heterocycles. The van der Waals surface area contributed by atoms with Crippen LogP contribution in [-0.4, -0.2) is 29.8 Å². The third-order valence-electron chi connectivity index (χ3n) is 3.87. The molecular formula is C18H17Br2NOS2. The van der Waals surface area contributed by atoms with Crippen LogP contribution in [0.5, 0.6) is 0 Å². The van der Waals surface area contributed by atoms with Crippen LogP contribution in [-0.2, 0) is 4.79 Å². The SMILES string of the molecule is CC(C)N1C/C(=C\c2cc(Br)cs2)C(=O)/C(=C/c2cc(Br)cs2)C1. The zero-order valence-electron chi connectivity index (χ0n) is 13.4. The molecule has 0 radical (unpaired) electrons. The number of thiophene rings is 2. The average molecular weight is 487 g/mol. The Morgan fingerprint density at radius 1 is 1.00 bits per heavy atom. The number of carbonyl (C=O) groups is 1. The fourth-order valence-electron chi connectivity index (χ4n) is 2.58. The number of hydrogen-bond acceptors (Lipinski definition) is 4. The Bertz CT molecular complexity index is 754. The van der Waals surface area contributed by atoms with Crippen molar-refractivity contribution in [3.05, 3.63) is 52.7 Å². The molecule has 2 aromatic heterocycles. The van der Waals surface area contributed by atoms with Crippen molar-refractivity contribution in [2.45, 2.75) is 19.9 Å². The second-order valence-electron chi connectivity index (χ2n) is 6.00. The standard InChI is InChI=1S/C18H17Br2NOS2/c1-11(2)21-7-12(3-16-5-14(19)9-23-16)18(22)13(8-21)4-17-6-15(20)10-24-17/h3-6,9-11H,7-8H2,1-2H3/b12-3+,13-4+. The molecule has 1 fully saturated rings. The first-order chi connectivity index (χ1) is 11.4. The first-order valence-electron chi connectivity index (χ1n) is 7.60. The number of Topliss-reactive ketones (excluding diaryl/α,β-unsaturated/α-hetero) is 1. The van der Waals surface area contributed by atoms with Crippen molar-refractivity contribution < 1.29 is 4.79 Å². The molecule has 1 aliphatic heterocycles. The third-order valence-corrected chi connectivity index (χ3v) is 7.15. The van der Waals surface area contributed by atoms with Crippen LogP contribution in [0, 0.1) is 0 Å². The van der Waals surface area contributed by atoms with Gasteiger partial charge in [0, 0.05) is 59.7 Å². The van der Waals surface area contributed by atoms with Gasteiger partial charge in [0.25, 0.3) is 0 Å². The normalized spacial score (nSPS) is 19.8. The number of ketones is 1. The summed E-state index contributed by atoms with van der Waals surface area (Å²) in [6.07, 6.45) is 4.06. The van der Waals surface area contributed by atoms with E-state index in [0.29, 0.717) is 19.1 Å². The lowest BCUT2D eigenvalue weighted by Gasteiger charge is -2.32. The highest BCUT2D eigenvalue weighted by Gasteiger charge is 2.27. The lowest BCUT2D eigenvalue weighted by atomic mass is 9.95. The second-order valence-corrected chi connectivity index (χ2v) is 9.72. The molecule has 0 N–H and O–H groups in total. The Kier molecular flexibility index (Phi) is 5.93. The third kappa shape index (κ3) is 4.35. The Hall–Kier alpha value is -0.530. The summed E-state index contributed by atoms with van der Waals surface area (Å²) in [5, 5.41) is 4.08. The van der Waals surface area contributed by atoms with Gasteiger partial charge in [-0.05, 0) is 70.0 Å². The zero-order chi connectivity index (χ0) is 17.3. The summed E-state index contributed by atoms with van der Waals surface area (Å²) >= 11 is 10.2. The fourth-order valence-corrected chi connectivity index (χ4v) is 5.38. The summed E-state index contributed by atoms with van der Waals surface area (Å²) < 4.78 is 2.12. The minimum Gasteiger partial charge on any atom is -0.292 e. The molecule has 2 nitrogen and oxygen atoms in total. The van der Waals surface area contributed by atoms with Crippen LogP contribution in [0.4, 0.5) is 0 Å². The van der Waals surface area contributed by atoms with Gasteiger partial charge in [-0.2, -0.15) is 0 Å². The summed E-state index contributed by atoms with van der Waals surface area (Å²) in [5.74, 6) is 0.168. The van der Waals surface area contributed by atoms with Crippen molar-refractivity contribution in [1.29, 1.82) is 0 Å². The van der Waals surface area contributed by atoms with Crippen molar-refractivity contribution >= 4 is 72.5 Å². The molecule has 126 valence electrons. The molecule has 1 saturated heterocycles. The molecule has 0 aliphatic carbocycles. The van der Waals surface area contributed by atoms with Gasteiger partial charge in [-0.3, -0.25) is 9.69 Å². The quantitative estimate of drug-likeness (QED) is 0.489. The van der Waals surface area contributed by atoms with Crippen molar-refractivity contribution in [2.24, 2.45) is 0 Å². The maximum absolute atomic E-state index is 12.9. The predicted octanol–water partition coefficient (Wildman–Crippen LogP) is 6.09. The number of carbonyl (C=O) groups excluding carboxylic acids is 1. The lowest BCUT2D eigenvalue weighted by molar-refractivity contribution is -0.113. The van der Waals surface area contributed by atoms with Crippen LogP contribution >= 0.6 is 54.5 Å².